The van der Waals surface area contributed by atoms with Gasteiger partial charge in [0.1, 0.15) is 0 Å². The van der Waals surface area contributed by atoms with Gasteiger partial charge in [0.15, 0.2) is 4.80 Å². The van der Waals surface area contributed by atoms with Crippen molar-refractivity contribution in [2.75, 3.05) is 13.2 Å². The number of thiazole rings is 1. The number of aromatic nitrogens is 1. The molecule has 1 aliphatic heterocycles. The number of hydrogen-bond acceptors (Lipinski definition) is 5. The minimum Gasteiger partial charge on any atom is -0.493 e. The standard InChI is InChI=1S/C22H20BrN3O2S/c1-2-28-11-10-26-21(27)20(29-22(26)25-17-6-4-3-5-7-17)12-15-14-24-19-9-8-16(23)13-18(15)19/h3-9,12-14,27H,2,10-11H2,1H3. The van der Waals surface area contributed by atoms with Crippen molar-refractivity contribution >= 4 is 56.5 Å². The molecule has 0 unspecified atom stereocenters. The van der Waals surface area contributed by atoms with Crippen LogP contribution in [0.25, 0.3) is 11.6 Å². The molecule has 5 nitrogen and oxygen atoms in total. The number of halogens is 1. The summed E-state index contributed by atoms with van der Waals surface area (Å²) >= 11 is 4.96. The Labute approximate surface area is 181 Å². The van der Waals surface area contributed by atoms with Gasteiger partial charge in [-0.15, -0.1) is 0 Å². The van der Waals surface area contributed by atoms with Crippen LogP contribution in [0.5, 0.6) is 5.88 Å². The van der Waals surface area contributed by atoms with Crippen LogP contribution in [0.3, 0.4) is 0 Å². The molecule has 0 fully saturated rings. The van der Waals surface area contributed by atoms with E-state index >= 15 is 0 Å². The number of allylic oxidation sites excluding steroid dienone is 1. The molecule has 0 saturated carbocycles. The van der Waals surface area contributed by atoms with E-state index in [-0.39, 0.29) is 5.88 Å². The van der Waals surface area contributed by atoms with Gasteiger partial charge >= 0.3 is 0 Å². The maximum Gasteiger partial charge on any atom is 0.211 e. The van der Waals surface area contributed by atoms with Gasteiger partial charge in [0.2, 0.25) is 5.88 Å². The predicted molar refractivity (Wildman–Crippen MR) is 122 cm³/mol. The molecule has 0 spiro atoms. The second-order valence-corrected chi connectivity index (χ2v) is 8.31. The largest absolute Gasteiger partial charge is 0.493 e. The summed E-state index contributed by atoms with van der Waals surface area (Å²) in [6.45, 7) is 3.63. The average Bonchev–Trinajstić information content (AvgIpc) is 3.25. The lowest BCUT2D eigenvalue weighted by molar-refractivity contribution is 0.136. The van der Waals surface area contributed by atoms with Crippen LogP contribution in [0.1, 0.15) is 17.4 Å². The van der Waals surface area contributed by atoms with Crippen LogP contribution in [0.2, 0.25) is 0 Å². The Morgan fingerprint density at radius 2 is 2.07 bits per heavy atom. The average molecular weight is 470 g/mol. The molecule has 2 heterocycles. The van der Waals surface area contributed by atoms with E-state index in [9.17, 15) is 5.11 Å². The summed E-state index contributed by atoms with van der Waals surface area (Å²) in [7, 11) is 0. The van der Waals surface area contributed by atoms with Crippen molar-refractivity contribution in [3.05, 3.63) is 68.2 Å². The number of aliphatic imine (C=N–C) groups is 1. The fraction of sp³-hybridized carbons (Fsp3) is 0.182. The van der Waals surface area contributed by atoms with E-state index in [1.807, 2.05) is 67.7 Å². The molecule has 0 amide bonds. The van der Waals surface area contributed by atoms with E-state index < -0.39 is 0 Å². The van der Waals surface area contributed by atoms with Crippen molar-refractivity contribution in [1.29, 1.82) is 0 Å². The highest BCUT2D eigenvalue weighted by atomic mass is 79.9. The van der Waals surface area contributed by atoms with E-state index in [0.717, 1.165) is 36.7 Å². The quantitative estimate of drug-likeness (QED) is 0.481. The molecule has 2 aromatic carbocycles. The van der Waals surface area contributed by atoms with Crippen LogP contribution in [-0.2, 0) is 11.3 Å². The zero-order valence-electron chi connectivity index (χ0n) is 15.9. The molecule has 1 N–H and O–H groups in total. The SMILES string of the molecule is CCOCCn1c(O)c(C=C2C=Nc3ccc(Br)cc32)sc1=Nc1ccccc1. The third kappa shape index (κ3) is 4.42. The molecule has 148 valence electrons. The van der Waals surface area contributed by atoms with Crippen LogP contribution in [0.15, 0.2) is 63.0 Å². The highest BCUT2D eigenvalue weighted by molar-refractivity contribution is 9.10. The molecule has 0 bridgehead atoms. The first-order valence-corrected chi connectivity index (χ1v) is 10.9. The number of ether oxygens (including phenoxy) is 1. The van der Waals surface area contributed by atoms with Gasteiger partial charge in [-0.1, -0.05) is 45.5 Å². The first-order chi connectivity index (χ1) is 14.2. The molecule has 0 radical (unpaired) electrons. The zero-order valence-corrected chi connectivity index (χ0v) is 18.3. The first-order valence-electron chi connectivity index (χ1n) is 9.31. The molecule has 7 heteroatoms. The third-order valence-corrected chi connectivity index (χ3v) is 5.96. The number of nitrogens with zero attached hydrogens (tertiary/aromatic N) is 3. The van der Waals surface area contributed by atoms with Crippen molar-refractivity contribution < 1.29 is 9.84 Å². The Morgan fingerprint density at radius 3 is 2.86 bits per heavy atom. The summed E-state index contributed by atoms with van der Waals surface area (Å²) in [6.07, 6.45) is 3.79. The molecule has 29 heavy (non-hydrogen) atoms. The van der Waals surface area contributed by atoms with Crippen molar-refractivity contribution in [1.82, 2.24) is 4.57 Å². The number of para-hydroxylation sites is 1. The van der Waals surface area contributed by atoms with Gasteiger partial charge in [-0.25, -0.2) is 4.99 Å². The third-order valence-electron chi connectivity index (χ3n) is 4.45. The van der Waals surface area contributed by atoms with E-state index in [1.54, 1.807) is 4.57 Å². The molecule has 1 aromatic heterocycles. The summed E-state index contributed by atoms with van der Waals surface area (Å²) in [5.74, 6) is 0.189. The summed E-state index contributed by atoms with van der Waals surface area (Å²) in [6, 6.07) is 15.7. The molecule has 4 rings (SSSR count). The second kappa shape index (κ2) is 8.90. The van der Waals surface area contributed by atoms with Gasteiger partial charge in [-0.2, -0.15) is 0 Å². The molecule has 0 atom stereocenters. The van der Waals surface area contributed by atoms with Gasteiger partial charge in [0.25, 0.3) is 0 Å². The lowest BCUT2D eigenvalue weighted by atomic mass is 10.1. The predicted octanol–water partition coefficient (Wildman–Crippen LogP) is 5.54. The lowest BCUT2D eigenvalue weighted by Gasteiger charge is -2.05. The number of fused-ring (bicyclic) bond motifs is 1. The van der Waals surface area contributed by atoms with Crippen molar-refractivity contribution in [3.8, 4) is 5.88 Å². The summed E-state index contributed by atoms with van der Waals surface area (Å²) < 4.78 is 8.28. The Morgan fingerprint density at radius 1 is 1.24 bits per heavy atom. The molecular weight excluding hydrogens is 450 g/mol. The smallest absolute Gasteiger partial charge is 0.211 e. The van der Waals surface area contributed by atoms with Crippen LogP contribution < -0.4 is 4.80 Å². The van der Waals surface area contributed by atoms with Gasteiger partial charge in [-0.05, 0) is 43.3 Å². The Kier molecular flexibility index (Phi) is 6.08. The van der Waals surface area contributed by atoms with Crippen molar-refractivity contribution in [2.24, 2.45) is 9.98 Å². The topological polar surface area (TPSA) is 59.1 Å². The van der Waals surface area contributed by atoms with E-state index in [4.69, 9.17) is 9.73 Å². The van der Waals surface area contributed by atoms with Gasteiger partial charge in [-0.3, -0.25) is 9.56 Å². The number of rotatable bonds is 6. The van der Waals surface area contributed by atoms with Gasteiger partial charge in [0, 0.05) is 28.4 Å². The van der Waals surface area contributed by atoms with Crippen molar-refractivity contribution in [3.63, 3.8) is 0 Å². The number of aromatic hydroxyl groups is 1. The van der Waals surface area contributed by atoms with Crippen molar-refractivity contribution in [2.45, 2.75) is 13.5 Å². The molecule has 0 aliphatic carbocycles. The molecule has 0 saturated heterocycles. The zero-order chi connectivity index (χ0) is 20.2. The maximum absolute atomic E-state index is 10.9. The van der Waals surface area contributed by atoms with E-state index in [2.05, 4.69) is 20.9 Å². The molecular formula is C22H20BrN3O2S. The monoisotopic (exact) mass is 469 g/mol. The Balaban J connectivity index is 1.78. The molecule has 3 aromatic rings. The first kappa shape index (κ1) is 19.8. The van der Waals surface area contributed by atoms with Crippen LogP contribution >= 0.6 is 27.3 Å². The highest BCUT2D eigenvalue weighted by Gasteiger charge is 2.16. The Hall–Kier alpha value is -2.48. The van der Waals surface area contributed by atoms with Gasteiger partial charge in [0.05, 0.1) is 29.4 Å². The summed E-state index contributed by atoms with van der Waals surface area (Å²) in [5, 5.41) is 10.9. The second-order valence-electron chi connectivity index (χ2n) is 6.39. The minimum absolute atomic E-state index is 0.189. The van der Waals surface area contributed by atoms with Gasteiger partial charge < -0.3 is 9.84 Å². The highest BCUT2D eigenvalue weighted by Crippen LogP contribution is 2.36. The fourth-order valence-corrected chi connectivity index (χ4v) is 4.42. The van der Waals surface area contributed by atoms with E-state index in [1.165, 1.54) is 11.3 Å². The van der Waals surface area contributed by atoms with Crippen LogP contribution in [0, 0.1) is 0 Å². The molecule has 1 aliphatic rings. The number of hydrogen-bond donors (Lipinski definition) is 1. The summed E-state index contributed by atoms with van der Waals surface area (Å²) in [4.78, 5) is 10.7. The Bertz CT molecular complexity index is 1150. The minimum atomic E-state index is 0.189. The summed E-state index contributed by atoms with van der Waals surface area (Å²) in [5.41, 5.74) is 3.76. The van der Waals surface area contributed by atoms with Crippen LogP contribution in [0.4, 0.5) is 11.4 Å². The fourth-order valence-electron chi connectivity index (χ4n) is 3.03. The normalized spacial score (nSPS) is 14.7. The lowest BCUT2D eigenvalue weighted by Crippen LogP contribution is -2.17. The number of benzene rings is 2. The van der Waals surface area contributed by atoms with E-state index in [0.29, 0.717) is 19.8 Å². The van der Waals surface area contributed by atoms with Crippen LogP contribution in [-0.4, -0.2) is 29.1 Å². The maximum atomic E-state index is 10.9.